The molecule has 2 aliphatic heterocycles. The molecule has 4 rings (SSSR count). The van der Waals surface area contributed by atoms with E-state index in [9.17, 15) is 14.0 Å². The number of amides is 3. The fraction of sp³-hybridized carbons (Fsp3) is 0.375. The number of carbonyl (C=O) groups excluding carboxylic acids is 2. The molecule has 0 bridgehead atoms. The minimum Gasteiger partial charge on any atom is -0.356 e. The number of urea groups is 1. The molecule has 0 radical (unpaired) electrons. The van der Waals surface area contributed by atoms with Crippen molar-refractivity contribution < 1.29 is 14.0 Å². The average Bonchev–Trinajstić information content (AvgIpc) is 3.11. The van der Waals surface area contributed by atoms with Crippen molar-refractivity contribution in [1.82, 2.24) is 10.2 Å². The van der Waals surface area contributed by atoms with Crippen LogP contribution in [-0.4, -0.2) is 49.0 Å². The maximum Gasteiger partial charge on any atom is 0.321 e. The first-order valence-corrected chi connectivity index (χ1v) is 11.0. The van der Waals surface area contributed by atoms with Gasteiger partial charge in [0.15, 0.2) is 0 Å². The van der Waals surface area contributed by atoms with Gasteiger partial charge in [-0.3, -0.25) is 4.79 Å². The number of amidine groups is 1. The lowest BCUT2D eigenvalue weighted by Gasteiger charge is -2.25. The standard InChI is InChI=1S/C24H28FN5O2/c1-16-11-12-17(15-19(16)25)26-24(32)28-21-23(31)29(2)20-10-6-5-9-18(20)22(27-21)30-13-7-3-4-8-14-30/h5-6,9-12,15,21H,3-4,7-8,13-14H2,1-2H3,(H2,26,28,32)/t21-/m0/s1. The van der Waals surface area contributed by atoms with Crippen molar-refractivity contribution in [3.63, 3.8) is 0 Å². The topological polar surface area (TPSA) is 77.0 Å². The number of para-hydroxylation sites is 1. The van der Waals surface area contributed by atoms with E-state index in [1.165, 1.54) is 23.8 Å². The number of nitrogens with zero attached hydrogens (tertiary/aromatic N) is 3. The van der Waals surface area contributed by atoms with Gasteiger partial charge >= 0.3 is 6.03 Å². The van der Waals surface area contributed by atoms with Crippen molar-refractivity contribution in [2.24, 2.45) is 4.99 Å². The highest BCUT2D eigenvalue weighted by atomic mass is 19.1. The molecule has 2 aromatic rings. The Bertz CT molecular complexity index is 1050. The third-order valence-electron chi connectivity index (χ3n) is 5.93. The van der Waals surface area contributed by atoms with Gasteiger partial charge in [-0.2, -0.15) is 0 Å². The summed E-state index contributed by atoms with van der Waals surface area (Å²) >= 11 is 0. The second-order valence-electron chi connectivity index (χ2n) is 8.23. The van der Waals surface area contributed by atoms with Crippen molar-refractivity contribution >= 4 is 29.1 Å². The van der Waals surface area contributed by atoms with Gasteiger partial charge in [-0.05, 0) is 49.6 Å². The van der Waals surface area contributed by atoms with Crippen molar-refractivity contribution in [2.75, 3.05) is 30.4 Å². The number of benzene rings is 2. The van der Waals surface area contributed by atoms with E-state index in [-0.39, 0.29) is 5.91 Å². The summed E-state index contributed by atoms with van der Waals surface area (Å²) in [4.78, 5) is 34.3. The van der Waals surface area contributed by atoms with E-state index in [1.54, 1.807) is 26.1 Å². The molecule has 2 N–H and O–H groups in total. The minimum atomic E-state index is -1.10. The van der Waals surface area contributed by atoms with Gasteiger partial charge in [0.2, 0.25) is 6.17 Å². The fourth-order valence-electron chi connectivity index (χ4n) is 4.09. The van der Waals surface area contributed by atoms with Crippen LogP contribution in [0.4, 0.5) is 20.6 Å². The molecule has 1 fully saturated rings. The number of likely N-dealkylation sites (N-methyl/N-ethyl adjacent to an activating group) is 1. The summed E-state index contributed by atoms with van der Waals surface area (Å²) in [5, 5.41) is 5.26. The summed E-state index contributed by atoms with van der Waals surface area (Å²) < 4.78 is 13.8. The summed E-state index contributed by atoms with van der Waals surface area (Å²) in [6.45, 7) is 3.36. The van der Waals surface area contributed by atoms with E-state index >= 15 is 0 Å². The Kier molecular flexibility index (Phi) is 6.39. The van der Waals surface area contributed by atoms with Gasteiger partial charge in [0.05, 0.1) is 5.69 Å². The van der Waals surface area contributed by atoms with Crippen LogP contribution in [0.15, 0.2) is 47.5 Å². The van der Waals surface area contributed by atoms with Crippen LogP contribution in [0.2, 0.25) is 0 Å². The van der Waals surface area contributed by atoms with Crippen LogP contribution in [0.1, 0.15) is 36.8 Å². The number of hydrogen-bond donors (Lipinski definition) is 2. The first-order valence-electron chi connectivity index (χ1n) is 11.0. The molecule has 2 aliphatic rings. The van der Waals surface area contributed by atoms with Crippen LogP contribution in [0.5, 0.6) is 0 Å². The molecule has 0 aromatic heterocycles. The molecule has 8 heteroatoms. The second-order valence-corrected chi connectivity index (χ2v) is 8.23. The lowest BCUT2D eigenvalue weighted by Crippen LogP contribution is -2.47. The molecule has 168 valence electrons. The molecule has 0 spiro atoms. The van der Waals surface area contributed by atoms with Gasteiger partial charge in [-0.25, -0.2) is 14.2 Å². The Morgan fingerprint density at radius 2 is 1.81 bits per heavy atom. The number of fused-ring (bicyclic) bond motifs is 1. The van der Waals surface area contributed by atoms with E-state index in [1.807, 2.05) is 24.3 Å². The molecule has 3 amide bonds. The fourth-order valence-corrected chi connectivity index (χ4v) is 4.09. The van der Waals surface area contributed by atoms with Crippen molar-refractivity contribution in [3.05, 3.63) is 59.4 Å². The lowest BCUT2D eigenvalue weighted by atomic mass is 10.1. The second kappa shape index (κ2) is 9.38. The molecule has 1 saturated heterocycles. The van der Waals surface area contributed by atoms with Gasteiger partial charge in [0.1, 0.15) is 11.7 Å². The zero-order valence-corrected chi connectivity index (χ0v) is 18.4. The van der Waals surface area contributed by atoms with E-state index in [2.05, 4.69) is 15.5 Å². The Morgan fingerprint density at radius 3 is 2.53 bits per heavy atom. The molecular formula is C24H28FN5O2. The number of carbonyl (C=O) groups is 2. The molecule has 0 aliphatic carbocycles. The summed E-state index contributed by atoms with van der Waals surface area (Å²) in [7, 11) is 1.68. The zero-order chi connectivity index (χ0) is 22.7. The van der Waals surface area contributed by atoms with Crippen molar-refractivity contribution in [3.8, 4) is 0 Å². The number of hydrogen-bond acceptors (Lipinski definition) is 4. The predicted octanol–water partition coefficient (Wildman–Crippen LogP) is 3.88. The highest BCUT2D eigenvalue weighted by Gasteiger charge is 2.32. The van der Waals surface area contributed by atoms with E-state index in [0.717, 1.165) is 37.2 Å². The molecule has 0 unspecified atom stereocenters. The third kappa shape index (κ3) is 4.59. The van der Waals surface area contributed by atoms with Crippen LogP contribution in [0.3, 0.4) is 0 Å². The van der Waals surface area contributed by atoms with Gasteiger partial charge < -0.3 is 20.4 Å². The first-order chi connectivity index (χ1) is 15.4. The number of benzodiazepines with no additional fused rings is 1. The number of rotatable bonds is 2. The normalized spacial score (nSPS) is 18.9. The van der Waals surface area contributed by atoms with E-state index < -0.39 is 18.0 Å². The number of aliphatic imine (C=N–C) groups is 1. The number of aryl methyl sites for hydroxylation is 1. The molecule has 32 heavy (non-hydrogen) atoms. The largest absolute Gasteiger partial charge is 0.356 e. The Labute approximate surface area is 187 Å². The SMILES string of the molecule is Cc1ccc(NC(=O)N[C@@H]2N=C(N3CCCCCC3)c3ccccc3N(C)C2=O)cc1F. The van der Waals surface area contributed by atoms with Crippen molar-refractivity contribution in [2.45, 2.75) is 38.8 Å². The smallest absolute Gasteiger partial charge is 0.321 e. The average molecular weight is 438 g/mol. The Hall–Kier alpha value is -3.42. The monoisotopic (exact) mass is 437 g/mol. The molecule has 2 aromatic carbocycles. The van der Waals surface area contributed by atoms with Crippen LogP contribution in [0, 0.1) is 12.7 Å². The Balaban J connectivity index is 1.63. The zero-order valence-electron chi connectivity index (χ0n) is 18.4. The summed E-state index contributed by atoms with van der Waals surface area (Å²) in [6.07, 6.45) is 3.36. The predicted molar refractivity (Wildman–Crippen MR) is 124 cm³/mol. The highest BCUT2D eigenvalue weighted by Crippen LogP contribution is 2.27. The van der Waals surface area contributed by atoms with Gasteiger partial charge in [0.25, 0.3) is 5.91 Å². The molecule has 7 nitrogen and oxygen atoms in total. The number of halogens is 1. The summed E-state index contributed by atoms with van der Waals surface area (Å²) in [6, 6.07) is 11.5. The Morgan fingerprint density at radius 1 is 1.09 bits per heavy atom. The summed E-state index contributed by atoms with van der Waals surface area (Å²) in [5.41, 5.74) is 2.42. The first kappa shape index (κ1) is 21.8. The number of nitrogens with one attached hydrogen (secondary N) is 2. The maximum atomic E-state index is 13.8. The van der Waals surface area contributed by atoms with Crippen LogP contribution in [-0.2, 0) is 4.79 Å². The molecule has 0 saturated carbocycles. The summed E-state index contributed by atoms with van der Waals surface area (Å²) in [5.74, 6) is -0.0376. The molecule has 2 heterocycles. The van der Waals surface area contributed by atoms with E-state index in [4.69, 9.17) is 4.99 Å². The third-order valence-corrected chi connectivity index (χ3v) is 5.93. The van der Waals surface area contributed by atoms with Gasteiger partial charge in [0, 0.05) is 31.4 Å². The quantitative estimate of drug-likeness (QED) is 0.749. The minimum absolute atomic E-state index is 0.306. The van der Waals surface area contributed by atoms with Crippen LogP contribution >= 0.6 is 0 Å². The lowest BCUT2D eigenvalue weighted by molar-refractivity contribution is -0.119. The van der Waals surface area contributed by atoms with Gasteiger partial charge in [-0.15, -0.1) is 0 Å². The van der Waals surface area contributed by atoms with Gasteiger partial charge in [-0.1, -0.05) is 31.0 Å². The number of anilines is 2. The molecular weight excluding hydrogens is 409 g/mol. The van der Waals surface area contributed by atoms with Crippen molar-refractivity contribution in [1.29, 1.82) is 0 Å². The van der Waals surface area contributed by atoms with E-state index in [0.29, 0.717) is 17.1 Å². The van der Waals surface area contributed by atoms with Crippen LogP contribution in [0.25, 0.3) is 0 Å². The van der Waals surface area contributed by atoms with Crippen LogP contribution < -0.4 is 15.5 Å². The number of likely N-dealkylation sites (tertiary alicyclic amines) is 1. The maximum absolute atomic E-state index is 13.8. The highest BCUT2D eigenvalue weighted by molar-refractivity contribution is 6.12. The molecule has 1 atom stereocenters.